The maximum absolute atomic E-state index is 13.1. The van der Waals surface area contributed by atoms with E-state index < -0.39 is 6.09 Å². The van der Waals surface area contributed by atoms with E-state index in [4.69, 9.17) is 0 Å². The lowest BCUT2D eigenvalue weighted by Crippen LogP contribution is -2.55. The number of carboxylic acid groups (broad SMARTS) is 1. The number of rotatable bonds is 4. The summed E-state index contributed by atoms with van der Waals surface area (Å²) in [5, 5.41) is 19.6. The molecule has 5 fully saturated rings. The van der Waals surface area contributed by atoms with Crippen LogP contribution in [0.15, 0.2) is 0 Å². The first-order chi connectivity index (χ1) is 17.0. The normalized spacial score (nSPS) is 45.4. The molecule has 1 saturated heterocycles. The van der Waals surface area contributed by atoms with E-state index in [0.29, 0.717) is 54.6 Å². The smallest absolute Gasteiger partial charge is 0.407 e. The van der Waals surface area contributed by atoms with Gasteiger partial charge in [0.05, 0.1) is 6.10 Å². The van der Waals surface area contributed by atoms with Crippen LogP contribution in [0.3, 0.4) is 0 Å². The van der Waals surface area contributed by atoms with E-state index in [0.717, 1.165) is 37.0 Å². The fourth-order valence-electron chi connectivity index (χ4n) is 10.4. The summed E-state index contributed by atoms with van der Waals surface area (Å²) in [7, 11) is 0. The van der Waals surface area contributed by atoms with Gasteiger partial charge in [-0.3, -0.25) is 4.79 Å². The van der Waals surface area contributed by atoms with Crippen molar-refractivity contribution in [1.82, 2.24) is 9.80 Å². The largest absolute Gasteiger partial charge is 0.465 e. The molecule has 0 aromatic heterocycles. The topological polar surface area (TPSA) is 81.1 Å². The van der Waals surface area contributed by atoms with Gasteiger partial charge in [0, 0.05) is 32.1 Å². The van der Waals surface area contributed by atoms with Crippen molar-refractivity contribution >= 4 is 12.0 Å². The van der Waals surface area contributed by atoms with Crippen LogP contribution in [-0.2, 0) is 4.79 Å². The van der Waals surface area contributed by atoms with Gasteiger partial charge < -0.3 is 20.0 Å². The molecule has 6 heteroatoms. The molecule has 4 aliphatic carbocycles. The van der Waals surface area contributed by atoms with Crippen LogP contribution in [0.1, 0.15) is 98.3 Å². The number of carbonyl (C=O) groups excluding carboxylic acids is 1. The molecule has 0 bridgehead atoms. The molecule has 36 heavy (non-hydrogen) atoms. The summed E-state index contributed by atoms with van der Waals surface area (Å²) in [5.41, 5.74) is 0.836. The predicted molar refractivity (Wildman–Crippen MR) is 140 cm³/mol. The molecule has 204 valence electrons. The highest BCUT2D eigenvalue weighted by molar-refractivity contribution is 5.77. The van der Waals surface area contributed by atoms with E-state index in [-0.39, 0.29) is 18.1 Å². The minimum atomic E-state index is -0.884. The third-order valence-corrected chi connectivity index (χ3v) is 12.4. The van der Waals surface area contributed by atoms with Gasteiger partial charge in [0.25, 0.3) is 0 Å². The van der Waals surface area contributed by atoms with Gasteiger partial charge in [0.2, 0.25) is 5.91 Å². The summed E-state index contributed by atoms with van der Waals surface area (Å²) in [6, 6.07) is -0.0429. The zero-order valence-corrected chi connectivity index (χ0v) is 23.1. The lowest BCUT2D eigenvalue weighted by atomic mass is 9.44. The van der Waals surface area contributed by atoms with Gasteiger partial charge in [-0.25, -0.2) is 4.79 Å². The Balaban J connectivity index is 1.19. The van der Waals surface area contributed by atoms with Crippen LogP contribution in [0.5, 0.6) is 0 Å². The first-order valence-corrected chi connectivity index (χ1v) is 15.0. The number of amides is 2. The molecule has 0 spiro atoms. The molecule has 2 amide bonds. The van der Waals surface area contributed by atoms with Crippen molar-refractivity contribution in [2.75, 3.05) is 19.6 Å². The lowest BCUT2D eigenvalue weighted by Gasteiger charge is -2.61. The van der Waals surface area contributed by atoms with Crippen LogP contribution in [0.25, 0.3) is 0 Å². The monoisotopic (exact) mass is 502 g/mol. The third-order valence-electron chi connectivity index (χ3n) is 12.4. The Morgan fingerprint density at radius 3 is 2.42 bits per heavy atom. The van der Waals surface area contributed by atoms with E-state index in [9.17, 15) is 19.8 Å². The van der Waals surface area contributed by atoms with Gasteiger partial charge in [0.15, 0.2) is 0 Å². The van der Waals surface area contributed by atoms with Gasteiger partial charge in [-0.2, -0.15) is 0 Å². The first-order valence-electron chi connectivity index (χ1n) is 15.0. The van der Waals surface area contributed by atoms with Crippen molar-refractivity contribution in [3.05, 3.63) is 0 Å². The second-order valence-corrected chi connectivity index (χ2v) is 14.0. The Kier molecular flexibility index (Phi) is 7.15. The molecule has 5 rings (SSSR count). The van der Waals surface area contributed by atoms with Crippen LogP contribution < -0.4 is 0 Å². The summed E-state index contributed by atoms with van der Waals surface area (Å²) >= 11 is 0. The SMILES string of the molecule is CC(CCC(=O)N1CCN(C(=O)O)C[C@@H]1C)[C@H]1CC[C@H]2[C@@H]3CC[C@H]4C[C@@H](O)CC[C@]4(C)[C@H]3CC[C@]12C. The van der Waals surface area contributed by atoms with Crippen molar-refractivity contribution in [2.45, 2.75) is 110 Å². The van der Waals surface area contributed by atoms with Crippen LogP contribution in [0.2, 0.25) is 0 Å². The highest BCUT2D eigenvalue weighted by Gasteiger charge is 2.60. The third kappa shape index (κ3) is 4.37. The first kappa shape index (κ1) is 26.3. The van der Waals surface area contributed by atoms with E-state index >= 15 is 0 Å². The van der Waals surface area contributed by atoms with Gasteiger partial charge in [-0.1, -0.05) is 20.8 Å². The number of aliphatic hydroxyl groups excluding tert-OH is 1. The van der Waals surface area contributed by atoms with Crippen LogP contribution in [0.4, 0.5) is 4.79 Å². The predicted octanol–water partition coefficient (Wildman–Crippen LogP) is 5.63. The van der Waals surface area contributed by atoms with Crippen molar-refractivity contribution in [1.29, 1.82) is 0 Å². The maximum Gasteiger partial charge on any atom is 0.407 e. The minimum absolute atomic E-state index is 0.0429. The second-order valence-electron chi connectivity index (χ2n) is 14.0. The Labute approximate surface area is 218 Å². The molecular formula is C30H50N2O4. The maximum atomic E-state index is 13.1. The second kappa shape index (κ2) is 9.78. The Hall–Kier alpha value is -1.30. The van der Waals surface area contributed by atoms with Gasteiger partial charge in [-0.05, 0) is 117 Å². The molecule has 0 aromatic rings. The average molecular weight is 503 g/mol. The number of piperazine rings is 1. The molecule has 2 N–H and O–H groups in total. The Morgan fingerprint density at radius 2 is 1.69 bits per heavy atom. The molecule has 5 aliphatic rings. The van der Waals surface area contributed by atoms with Crippen molar-refractivity contribution < 1.29 is 19.8 Å². The van der Waals surface area contributed by atoms with Crippen LogP contribution >= 0.6 is 0 Å². The van der Waals surface area contributed by atoms with E-state index in [1.54, 1.807) is 0 Å². The van der Waals surface area contributed by atoms with Crippen molar-refractivity contribution in [3.8, 4) is 0 Å². The number of hydrogen-bond acceptors (Lipinski definition) is 3. The molecule has 6 nitrogen and oxygen atoms in total. The number of nitrogens with zero attached hydrogens (tertiary/aromatic N) is 2. The highest BCUT2D eigenvalue weighted by atomic mass is 16.4. The molecular weight excluding hydrogens is 452 g/mol. The Bertz CT molecular complexity index is 849. The average Bonchev–Trinajstić information content (AvgIpc) is 3.20. The molecule has 10 atom stereocenters. The highest BCUT2D eigenvalue weighted by Crippen LogP contribution is 2.68. The summed E-state index contributed by atoms with van der Waals surface area (Å²) in [6.45, 7) is 10.9. The lowest BCUT2D eigenvalue weighted by molar-refractivity contribution is -0.136. The summed E-state index contributed by atoms with van der Waals surface area (Å²) < 4.78 is 0. The molecule has 1 aliphatic heterocycles. The standard InChI is InChI=1S/C30H50N2O4/c1-19(5-10-27(34)32-16-15-31(28(35)36)18-20(32)2)24-8-9-25-23-7-6-21-17-22(33)11-13-29(21,3)26(23)12-14-30(24,25)4/h19-26,33H,5-18H2,1-4H3,(H,35,36)/t19?,20-,21-,22-,23-,24+,25-,26-,29-,30+/m0/s1. The zero-order valence-electron chi connectivity index (χ0n) is 23.1. The molecule has 1 unspecified atom stereocenters. The quantitative estimate of drug-likeness (QED) is 0.522. The molecule has 0 radical (unpaired) electrons. The van der Waals surface area contributed by atoms with Crippen molar-refractivity contribution in [2.24, 2.45) is 46.3 Å². The number of carbonyl (C=O) groups is 2. The van der Waals surface area contributed by atoms with Crippen molar-refractivity contribution in [3.63, 3.8) is 0 Å². The summed E-state index contributed by atoms with van der Waals surface area (Å²) in [5.74, 6) is 4.69. The summed E-state index contributed by atoms with van der Waals surface area (Å²) in [6.07, 6.45) is 11.8. The molecule has 4 saturated carbocycles. The van der Waals surface area contributed by atoms with Gasteiger partial charge in [-0.15, -0.1) is 0 Å². The van der Waals surface area contributed by atoms with Gasteiger partial charge in [0.1, 0.15) is 0 Å². The van der Waals surface area contributed by atoms with E-state index in [2.05, 4.69) is 20.8 Å². The van der Waals surface area contributed by atoms with E-state index in [1.807, 2.05) is 11.8 Å². The minimum Gasteiger partial charge on any atom is -0.465 e. The molecule has 1 heterocycles. The summed E-state index contributed by atoms with van der Waals surface area (Å²) in [4.78, 5) is 27.7. The fraction of sp³-hybridized carbons (Fsp3) is 0.933. The number of aliphatic hydroxyl groups is 1. The van der Waals surface area contributed by atoms with E-state index in [1.165, 1.54) is 49.8 Å². The number of hydrogen-bond donors (Lipinski definition) is 2. The number of fused-ring (bicyclic) bond motifs is 5. The van der Waals surface area contributed by atoms with Crippen LogP contribution in [-0.4, -0.2) is 63.8 Å². The van der Waals surface area contributed by atoms with Crippen LogP contribution in [0, 0.1) is 46.3 Å². The van der Waals surface area contributed by atoms with Gasteiger partial charge >= 0.3 is 6.09 Å². The fourth-order valence-corrected chi connectivity index (χ4v) is 10.4. The molecule has 0 aromatic carbocycles. The Morgan fingerprint density at radius 1 is 0.972 bits per heavy atom. The zero-order chi connectivity index (χ0) is 25.8.